The molecule has 4 heteroatoms. The molecule has 1 aromatic carbocycles. The molecule has 0 heterocycles. The van der Waals surface area contributed by atoms with Crippen LogP contribution in [0.25, 0.3) is 6.08 Å². The van der Waals surface area contributed by atoms with Gasteiger partial charge in [-0.3, -0.25) is 4.55 Å². The van der Waals surface area contributed by atoms with Crippen molar-refractivity contribution in [1.82, 2.24) is 0 Å². The molecular formula is C10H10O3S. The van der Waals surface area contributed by atoms with Gasteiger partial charge in [-0.2, -0.15) is 8.42 Å². The van der Waals surface area contributed by atoms with Crippen LogP contribution in [0.1, 0.15) is 5.56 Å². The van der Waals surface area contributed by atoms with Crippen LogP contribution in [0.5, 0.6) is 0 Å². The summed E-state index contributed by atoms with van der Waals surface area (Å²) in [6.07, 6.45) is 4.55. The van der Waals surface area contributed by atoms with Gasteiger partial charge >= 0.3 is 0 Å². The molecule has 0 aliphatic rings. The molecule has 1 N–H and O–H groups in total. The van der Waals surface area contributed by atoms with Gasteiger partial charge in [0.25, 0.3) is 10.1 Å². The zero-order valence-corrected chi connectivity index (χ0v) is 8.18. The van der Waals surface area contributed by atoms with Crippen LogP contribution in [0, 0.1) is 0 Å². The summed E-state index contributed by atoms with van der Waals surface area (Å²) >= 11 is 0. The first-order valence-corrected chi connectivity index (χ1v) is 5.45. The van der Waals surface area contributed by atoms with Gasteiger partial charge in [0, 0.05) is 0 Å². The van der Waals surface area contributed by atoms with Gasteiger partial charge in [-0.1, -0.05) is 42.5 Å². The van der Waals surface area contributed by atoms with E-state index in [2.05, 4.69) is 0 Å². The van der Waals surface area contributed by atoms with Gasteiger partial charge in [0.2, 0.25) is 0 Å². The Balaban J connectivity index is 2.63. The van der Waals surface area contributed by atoms with Crippen LogP contribution in [-0.4, -0.2) is 13.0 Å². The summed E-state index contributed by atoms with van der Waals surface area (Å²) in [6, 6.07) is 9.43. The van der Waals surface area contributed by atoms with Crippen molar-refractivity contribution >= 4 is 16.2 Å². The van der Waals surface area contributed by atoms with Crippen LogP contribution in [0.15, 0.2) is 47.9 Å². The minimum absolute atomic E-state index is 0.729. The number of benzene rings is 1. The molecule has 0 atom stereocenters. The quantitative estimate of drug-likeness (QED) is 0.614. The highest BCUT2D eigenvalue weighted by Gasteiger charge is 1.91. The molecular weight excluding hydrogens is 200 g/mol. The van der Waals surface area contributed by atoms with Crippen LogP contribution in [0.3, 0.4) is 0 Å². The molecule has 0 bridgehead atoms. The molecule has 0 spiro atoms. The Kier molecular flexibility index (Phi) is 3.62. The predicted molar refractivity (Wildman–Crippen MR) is 56.2 cm³/mol. The van der Waals surface area contributed by atoms with Crippen LogP contribution < -0.4 is 0 Å². The van der Waals surface area contributed by atoms with Crippen LogP contribution in [-0.2, 0) is 10.1 Å². The number of hydrogen-bond donors (Lipinski definition) is 1. The van der Waals surface area contributed by atoms with Crippen molar-refractivity contribution in [2.24, 2.45) is 0 Å². The molecule has 0 saturated carbocycles. The Labute approximate surface area is 83.1 Å². The van der Waals surface area contributed by atoms with E-state index in [-0.39, 0.29) is 0 Å². The minimum Gasteiger partial charge on any atom is -0.282 e. The highest BCUT2D eigenvalue weighted by Crippen LogP contribution is 2.00. The molecule has 3 nitrogen and oxygen atoms in total. The molecule has 1 aromatic rings. The molecule has 0 radical (unpaired) electrons. The summed E-state index contributed by atoms with van der Waals surface area (Å²) in [7, 11) is -4.01. The molecule has 0 amide bonds. The maximum atomic E-state index is 10.3. The first-order chi connectivity index (χ1) is 6.58. The summed E-state index contributed by atoms with van der Waals surface area (Å²) in [5.74, 6) is 0. The largest absolute Gasteiger partial charge is 0.287 e. The Morgan fingerprint density at radius 3 is 2.29 bits per heavy atom. The van der Waals surface area contributed by atoms with Gasteiger partial charge < -0.3 is 0 Å². The van der Waals surface area contributed by atoms with Gasteiger partial charge in [0.05, 0.1) is 5.41 Å². The lowest BCUT2D eigenvalue weighted by Gasteiger charge is -1.88. The van der Waals surface area contributed by atoms with Gasteiger partial charge in [-0.05, 0) is 11.6 Å². The Morgan fingerprint density at radius 2 is 1.71 bits per heavy atom. The fraction of sp³-hybridized carbons (Fsp3) is 0. The maximum absolute atomic E-state index is 10.3. The average molecular weight is 210 g/mol. The normalized spacial score (nSPS) is 12.6. The lowest BCUT2D eigenvalue weighted by Crippen LogP contribution is -1.87. The van der Waals surface area contributed by atoms with Crippen molar-refractivity contribution in [2.45, 2.75) is 0 Å². The SMILES string of the molecule is O=S(=O)(O)C=CC=Cc1ccccc1. The molecule has 0 fully saturated rings. The Bertz CT molecular complexity index is 430. The lowest BCUT2D eigenvalue weighted by atomic mass is 10.2. The number of hydrogen-bond acceptors (Lipinski definition) is 2. The van der Waals surface area contributed by atoms with Crippen molar-refractivity contribution in [3.63, 3.8) is 0 Å². The Hall–Kier alpha value is -1.39. The van der Waals surface area contributed by atoms with E-state index in [1.54, 1.807) is 12.2 Å². The standard InChI is InChI=1S/C10H10O3S/c11-14(12,13)9-5-4-8-10-6-2-1-3-7-10/h1-9H,(H,11,12,13). The zero-order chi connectivity index (χ0) is 10.4. The van der Waals surface area contributed by atoms with E-state index in [1.165, 1.54) is 6.08 Å². The van der Waals surface area contributed by atoms with Gasteiger partial charge in [-0.25, -0.2) is 0 Å². The van der Waals surface area contributed by atoms with Crippen molar-refractivity contribution < 1.29 is 13.0 Å². The molecule has 0 aliphatic carbocycles. The zero-order valence-electron chi connectivity index (χ0n) is 7.37. The summed E-state index contributed by atoms with van der Waals surface area (Å²) in [5, 5.41) is 0.729. The van der Waals surface area contributed by atoms with Crippen LogP contribution in [0.4, 0.5) is 0 Å². The molecule has 1 rings (SSSR count). The third kappa shape index (κ3) is 4.59. The fourth-order valence-electron chi connectivity index (χ4n) is 0.875. The van der Waals surface area contributed by atoms with Crippen LogP contribution in [0.2, 0.25) is 0 Å². The van der Waals surface area contributed by atoms with Crippen LogP contribution >= 0.6 is 0 Å². The molecule has 0 aromatic heterocycles. The molecule has 0 unspecified atom stereocenters. The average Bonchev–Trinajstić information content (AvgIpc) is 2.13. The number of allylic oxidation sites excluding steroid dienone is 2. The van der Waals surface area contributed by atoms with E-state index in [0.717, 1.165) is 11.0 Å². The van der Waals surface area contributed by atoms with E-state index in [1.807, 2.05) is 30.3 Å². The molecule has 74 valence electrons. The second-order valence-corrected chi connectivity index (χ2v) is 3.92. The molecule has 0 aliphatic heterocycles. The third-order valence-corrected chi connectivity index (χ3v) is 1.95. The first-order valence-electron chi connectivity index (χ1n) is 3.95. The summed E-state index contributed by atoms with van der Waals surface area (Å²) in [4.78, 5) is 0. The number of rotatable bonds is 3. The Morgan fingerprint density at radius 1 is 1.07 bits per heavy atom. The van der Waals surface area contributed by atoms with Crippen molar-refractivity contribution in [1.29, 1.82) is 0 Å². The summed E-state index contributed by atoms with van der Waals surface area (Å²) < 4.78 is 28.9. The van der Waals surface area contributed by atoms with Crippen molar-refractivity contribution in [3.05, 3.63) is 53.5 Å². The second kappa shape index (κ2) is 4.74. The van der Waals surface area contributed by atoms with E-state index in [0.29, 0.717) is 0 Å². The predicted octanol–water partition coefficient (Wildman–Crippen LogP) is 2.10. The van der Waals surface area contributed by atoms with Crippen molar-refractivity contribution in [2.75, 3.05) is 0 Å². The van der Waals surface area contributed by atoms with E-state index < -0.39 is 10.1 Å². The highest BCUT2D eigenvalue weighted by molar-refractivity contribution is 7.88. The summed E-state index contributed by atoms with van der Waals surface area (Å²) in [6.45, 7) is 0. The van der Waals surface area contributed by atoms with Gasteiger partial charge in [0.1, 0.15) is 0 Å². The highest BCUT2D eigenvalue weighted by atomic mass is 32.2. The molecule has 14 heavy (non-hydrogen) atoms. The minimum atomic E-state index is -4.01. The van der Waals surface area contributed by atoms with E-state index in [9.17, 15) is 8.42 Å². The summed E-state index contributed by atoms with van der Waals surface area (Å²) in [5.41, 5.74) is 0.965. The fourth-order valence-corrected chi connectivity index (χ4v) is 1.16. The van der Waals surface area contributed by atoms with E-state index in [4.69, 9.17) is 4.55 Å². The maximum Gasteiger partial charge on any atom is 0.287 e. The van der Waals surface area contributed by atoms with E-state index >= 15 is 0 Å². The second-order valence-electron chi connectivity index (χ2n) is 2.61. The molecule has 0 saturated heterocycles. The first kappa shape index (κ1) is 10.7. The van der Waals surface area contributed by atoms with Crippen molar-refractivity contribution in [3.8, 4) is 0 Å². The topological polar surface area (TPSA) is 54.4 Å². The third-order valence-electron chi connectivity index (χ3n) is 1.45. The monoisotopic (exact) mass is 210 g/mol. The van der Waals surface area contributed by atoms with Gasteiger partial charge in [0.15, 0.2) is 0 Å². The smallest absolute Gasteiger partial charge is 0.282 e. The lowest BCUT2D eigenvalue weighted by molar-refractivity contribution is 0.494. The van der Waals surface area contributed by atoms with Gasteiger partial charge in [-0.15, -0.1) is 0 Å².